The van der Waals surface area contributed by atoms with Crippen molar-refractivity contribution in [3.63, 3.8) is 0 Å². The van der Waals surface area contributed by atoms with E-state index in [1.165, 1.54) is 0 Å². The van der Waals surface area contributed by atoms with Gasteiger partial charge in [-0.2, -0.15) is 0 Å². The predicted octanol–water partition coefficient (Wildman–Crippen LogP) is 0.620. The third kappa shape index (κ3) is 9.27. The van der Waals surface area contributed by atoms with Gasteiger partial charge in [-0.25, -0.2) is 4.79 Å². The summed E-state index contributed by atoms with van der Waals surface area (Å²) in [5.74, 6) is 2.38. The van der Waals surface area contributed by atoms with E-state index in [-0.39, 0.29) is 23.0 Å². The third-order valence-electron chi connectivity index (χ3n) is 2.52. The summed E-state index contributed by atoms with van der Waals surface area (Å²) in [6, 6.07) is 0. The van der Waals surface area contributed by atoms with Crippen molar-refractivity contribution in [2.24, 2.45) is 0 Å². The molecule has 0 atom stereocenters. The third-order valence-corrected chi connectivity index (χ3v) is 4.66. The lowest BCUT2D eigenvalue weighted by atomic mass is 10.5. The summed E-state index contributed by atoms with van der Waals surface area (Å²) in [5.41, 5.74) is 0. The first-order valence-electron chi connectivity index (χ1n) is 6.75. The minimum atomic E-state index is -0.118. The predicted molar refractivity (Wildman–Crippen MR) is 75.7 cm³/mol. The highest BCUT2D eigenvalue weighted by atomic mass is 32.2. The van der Waals surface area contributed by atoms with E-state index in [1.807, 2.05) is 13.8 Å². The molecule has 0 unspecified atom stereocenters. The van der Waals surface area contributed by atoms with Crippen molar-refractivity contribution in [3.8, 4) is 0 Å². The second-order valence-corrected chi connectivity index (χ2v) is 6.86. The molecule has 0 aromatic heterocycles. The highest BCUT2D eigenvalue weighted by Crippen LogP contribution is 2.04. The van der Waals surface area contributed by atoms with Crippen LogP contribution in [0.15, 0.2) is 0 Å². The Morgan fingerprint density at radius 2 is 1.84 bits per heavy atom. The van der Waals surface area contributed by atoms with Crippen LogP contribution in [0.4, 0.5) is 0 Å². The van der Waals surface area contributed by atoms with Crippen molar-refractivity contribution in [1.82, 2.24) is 0 Å². The number of carbonyl (C=O) groups excluding carboxylic acids is 1. The van der Waals surface area contributed by atoms with Gasteiger partial charge in [0.1, 0.15) is 18.1 Å². The Hall–Kier alpha value is -0.300. The number of hydrogen-bond acceptors (Lipinski definition) is 5. The van der Waals surface area contributed by atoms with Crippen LogP contribution in [0.3, 0.4) is 0 Å². The first-order valence-corrected chi connectivity index (χ1v) is 8.48. The van der Waals surface area contributed by atoms with Gasteiger partial charge in [-0.3, -0.25) is 0 Å². The second-order valence-electron chi connectivity index (χ2n) is 4.53. The molecule has 0 aliphatic carbocycles. The standard InChI is InChI=1S/C13H25O5S/c1-12(2)17-5-3-15-4-6-18-13(14)11-19-9-7-16-8-10-19/h12H,3-11H2,1-2H3/q+1. The summed E-state index contributed by atoms with van der Waals surface area (Å²) in [7, 11) is 0.149. The summed E-state index contributed by atoms with van der Waals surface area (Å²) in [4.78, 5) is 11.6. The Balaban J connectivity index is 1.89. The van der Waals surface area contributed by atoms with Gasteiger partial charge in [0.15, 0.2) is 0 Å². The first kappa shape index (κ1) is 16.8. The van der Waals surface area contributed by atoms with Gasteiger partial charge in [-0.1, -0.05) is 0 Å². The molecule has 0 N–H and O–H groups in total. The first-order chi connectivity index (χ1) is 9.18. The van der Waals surface area contributed by atoms with Gasteiger partial charge in [0.2, 0.25) is 5.75 Å². The van der Waals surface area contributed by atoms with E-state index in [1.54, 1.807) is 0 Å². The SMILES string of the molecule is CC(C)OCCOCCOC(=O)C[S+]1CCOCC1. The maximum absolute atomic E-state index is 11.6. The Bertz CT molecular complexity index is 241. The molecular weight excluding hydrogens is 268 g/mol. The molecule has 19 heavy (non-hydrogen) atoms. The Labute approximate surface area is 118 Å². The van der Waals surface area contributed by atoms with Crippen molar-refractivity contribution in [1.29, 1.82) is 0 Å². The molecule has 0 radical (unpaired) electrons. The topological polar surface area (TPSA) is 54.0 Å². The van der Waals surface area contributed by atoms with E-state index in [2.05, 4.69) is 0 Å². The number of hydrogen-bond donors (Lipinski definition) is 0. The highest BCUT2D eigenvalue weighted by Gasteiger charge is 2.26. The summed E-state index contributed by atoms with van der Waals surface area (Å²) in [5, 5.41) is 0. The molecule has 1 aliphatic rings. The molecule has 112 valence electrons. The Morgan fingerprint density at radius 3 is 2.53 bits per heavy atom. The molecule has 0 amide bonds. The van der Waals surface area contributed by atoms with Crippen LogP contribution in [0.25, 0.3) is 0 Å². The lowest BCUT2D eigenvalue weighted by molar-refractivity contribution is -0.142. The number of ether oxygens (including phenoxy) is 4. The fourth-order valence-corrected chi connectivity index (χ4v) is 3.19. The molecule has 1 heterocycles. The minimum absolute atomic E-state index is 0.118. The van der Waals surface area contributed by atoms with Crippen LogP contribution in [0, 0.1) is 0 Å². The van der Waals surface area contributed by atoms with Gasteiger partial charge in [0.05, 0.1) is 39.1 Å². The van der Waals surface area contributed by atoms with E-state index >= 15 is 0 Å². The molecule has 5 nitrogen and oxygen atoms in total. The zero-order valence-electron chi connectivity index (χ0n) is 11.9. The fourth-order valence-electron chi connectivity index (χ4n) is 1.57. The molecule has 6 heteroatoms. The van der Waals surface area contributed by atoms with Gasteiger partial charge >= 0.3 is 5.97 Å². The molecule has 0 saturated carbocycles. The number of esters is 1. The Morgan fingerprint density at radius 1 is 1.16 bits per heavy atom. The maximum atomic E-state index is 11.6. The fraction of sp³-hybridized carbons (Fsp3) is 0.923. The van der Waals surface area contributed by atoms with Crippen molar-refractivity contribution in [2.75, 3.05) is 56.9 Å². The number of rotatable bonds is 9. The van der Waals surface area contributed by atoms with E-state index < -0.39 is 0 Å². The molecule has 0 aromatic carbocycles. The molecule has 0 spiro atoms. The van der Waals surface area contributed by atoms with Gasteiger partial charge in [0.25, 0.3) is 0 Å². The minimum Gasteiger partial charge on any atom is -0.460 e. The van der Waals surface area contributed by atoms with Crippen LogP contribution >= 0.6 is 0 Å². The quantitative estimate of drug-likeness (QED) is 0.354. The van der Waals surface area contributed by atoms with Crippen LogP contribution in [-0.2, 0) is 34.6 Å². The average molecular weight is 293 g/mol. The zero-order valence-corrected chi connectivity index (χ0v) is 12.7. The van der Waals surface area contributed by atoms with Crippen LogP contribution in [-0.4, -0.2) is 69.0 Å². The largest absolute Gasteiger partial charge is 0.460 e. The zero-order chi connectivity index (χ0) is 13.9. The van der Waals surface area contributed by atoms with Gasteiger partial charge in [0, 0.05) is 10.9 Å². The van der Waals surface area contributed by atoms with Crippen molar-refractivity contribution in [3.05, 3.63) is 0 Å². The van der Waals surface area contributed by atoms with E-state index in [0.29, 0.717) is 32.2 Å². The van der Waals surface area contributed by atoms with Crippen molar-refractivity contribution in [2.45, 2.75) is 20.0 Å². The normalized spacial score (nSPS) is 16.8. The van der Waals surface area contributed by atoms with Gasteiger partial charge in [-0.15, -0.1) is 0 Å². The van der Waals surface area contributed by atoms with Gasteiger partial charge < -0.3 is 18.9 Å². The molecule has 1 fully saturated rings. The van der Waals surface area contributed by atoms with Gasteiger partial charge in [-0.05, 0) is 13.8 Å². The van der Waals surface area contributed by atoms with E-state index in [0.717, 1.165) is 24.7 Å². The summed E-state index contributed by atoms with van der Waals surface area (Å²) in [6.45, 7) is 7.40. The van der Waals surface area contributed by atoms with Crippen LogP contribution in [0.1, 0.15) is 13.8 Å². The lowest BCUT2D eigenvalue weighted by Gasteiger charge is -2.13. The summed E-state index contributed by atoms with van der Waals surface area (Å²) >= 11 is 0. The summed E-state index contributed by atoms with van der Waals surface area (Å²) < 4.78 is 21.0. The average Bonchev–Trinajstić information content (AvgIpc) is 2.38. The molecular formula is C13H25O5S+. The molecule has 1 saturated heterocycles. The van der Waals surface area contributed by atoms with Crippen LogP contribution < -0.4 is 0 Å². The molecule has 0 aromatic rings. The molecule has 1 aliphatic heterocycles. The Kier molecular flexibility index (Phi) is 9.24. The number of carbonyl (C=O) groups is 1. The highest BCUT2D eigenvalue weighted by molar-refractivity contribution is 7.97. The monoisotopic (exact) mass is 293 g/mol. The smallest absolute Gasteiger partial charge is 0.356 e. The summed E-state index contributed by atoms with van der Waals surface area (Å²) in [6.07, 6.45) is 0.224. The van der Waals surface area contributed by atoms with E-state index in [9.17, 15) is 4.79 Å². The molecule has 1 rings (SSSR count). The van der Waals surface area contributed by atoms with Crippen LogP contribution in [0.2, 0.25) is 0 Å². The second kappa shape index (κ2) is 10.5. The van der Waals surface area contributed by atoms with Crippen LogP contribution in [0.5, 0.6) is 0 Å². The maximum Gasteiger partial charge on any atom is 0.356 e. The lowest BCUT2D eigenvalue weighted by Crippen LogP contribution is -2.32. The molecule has 0 bridgehead atoms. The van der Waals surface area contributed by atoms with Crippen molar-refractivity contribution < 1.29 is 23.7 Å². The van der Waals surface area contributed by atoms with E-state index in [4.69, 9.17) is 18.9 Å². The van der Waals surface area contributed by atoms with Crippen molar-refractivity contribution >= 4 is 16.9 Å².